The lowest BCUT2D eigenvalue weighted by atomic mass is 10.2. The lowest BCUT2D eigenvalue weighted by Gasteiger charge is -2.15. The van der Waals surface area contributed by atoms with E-state index < -0.39 is 16.1 Å². The van der Waals surface area contributed by atoms with Crippen LogP contribution in [-0.2, 0) is 16.6 Å². The second-order valence-corrected chi connectivity index (χ2v) is 5.62. The van der Waals surface area contributed by atoms with E-state index in [2.05, 4.69) is 9.71 Å². The number of amidine groups is 1. The van der Waals surface area contributed by atoms with Crippen molar-refractivity contribution in [2.45, 2.75) is 44.3 Å². The van der Waals surface area contributed by atoms with Crippen molar-refractivity contribution in [2.24, 2.45) is 5.73 Å². The molecule has 0 aliphatic rings. The normalized spacial score (nSPS) is 13.4. The highest BCUT2D eigenvalue weighted by Gasteiger charge is 2.23. The topological polar surface area (TPSA) is 114 Å². The number of rotatable bonds is 7. The van der Waals surface area contributed by atoms with Gasteiger partial charge in [-0.2, -0.15) is 4.72 Å². The van der Waals surface area contributed by atoms with Gasteiger partial charge in [-0.15, -0.1) is 0 Å². The second kappa shape index (κ2) is 5.96. The first-order chi connectivity index (χ1) is 8.40. The van der Waals surface area contributed by atoms with Gasteiger partial charge in [0.2, 0.25) is 0 Å². The van der Waals surface area contributed by atoms with Crippen molar-refractivity contribution >= 4 is 15.9 Å². The van der Waals surface area contributed by atoms with Gasteiger partial charge >= 0.3 is 0 Å². The molecule has 18 heavy (non-hydrogen) atoms. The highest BCUT2D eigenvalue weighted by atomic mass is 32.2. The molecule has 1 aromatic rings. The fourth-order valence-corrected chi connectivity index (χ4v) is 2.67. The van der Waals surface area contributed by atoms with Gasteiger partial charge in [0.15, 0.2) is 5.03 Å². The van der Waals surface area contributed by atoms with Crippen LogP contribution in [0.2, 0.25) is 0 Å². The summed E-state index contributed by atoms with van der Waals surface area (Å²) in [5, 5.41) is 7.31. The van der Waals surface area contributed by atoms with Gasteiger partial charge in [0.05, 0.1) is 12.4 Å². The van der Waals surface area contributed by atoms with Gasteiger partial charge in [0.1, 0.15) is 5.84 Å². The molecular weight excluding hydrogens is 254 g/mol. The van der Waals surface area contributed by atoms with E-state index in [0.29, 0.717) is 13.0 Å². The number of imidazole rings is 1. The van der Waals surface area contributed by atoms with Gasteiger partial charge in [0, 0.05) is 12.7 Å². The number of nitrogens with two attached hydrogens (primary N) is 1. The van der Waals surface area contributed by atoms with Crippen molar-refractivity contribution in [3.05, 3.63) is 12.5 Å². The Kier molecular flexibility index (Phi) is 4.85. The zero-order chi connectivity index (χ0) is 13.8. The van der Waals surface area contributed by atoms with Crippen molar-refractivity contribution in [3.8, 4) is 0 Å². The van der Waals surface area contributed by atoms with Crippen LogP contribution in [-0.4, -0.2) is 29.8 Å². The molecule has 0 saturated heterocycles. The molecule has 0 radical (unpaired) electrons. The van der Waals surface area contributed by atoms with Crippen molar-refractivity contribution in [1.82, 2.24) is 14.3 Å². The molecule has 1 aromatic heterocycles. The Hall–Kier alpha value is -1.41. The zero-order valence-electron chi connectivity index (χ0n) is 10.5. The quantitative estimate of drug-likeness (QED) is 0.489. The number of nitrogens with zero attached hydrogens (tertiary/aromatic N) is 2. The summed E-state index contributed by atoms with van der Waals surface area (Å²) in [6, 6.07) is -0.674. The van der Waals surface area contributed by atoms with Crippen molar-refractivity contribution in [3.63, 3.8) is 0 Å². The minimum Gasteiger partial charge on any atom is -0.386 e. The largest absolute Gasteiger partial charge is 0.386 e. The van der Waals surface area contributed by atoms with Crippen LogP contribution in [0.1, 0.15) is 26.7 Å². The Morgan fingerprint density at radius 3 is 2.72 bits per heavy atom. The van der Waals surface area contributed by atoms with Gasteiger partial charge in [-0.25, -0.2) is 13.4 Å². The molecule has 0 aromatic carbocycles. The smallest absolute Gasteiger partial charge is 0.260 e. The Labute approximate surface area is 107 Å². The summed E-state index contributed by atoms with van der Waals surface area (Å²) >= 11 is 0. The molecule has 0 aliphatic carbocycles. The van der Waals surface area contributed by atoms with Crippen LogP contribution in [0.15, 0.2) is 17.6 Å². The minimum atomic E-state index is -3.72. The first-order valence-corrected chi connectivity index (χ1v) is 7.27. The number of aromatic nitrogens is 2. The van der Waals surface area contributed by atoms with Crippen LogP contribution in [0.4, 0.5) is 0 Å². The first-order valence-electron chi connectivity index (χ1n) is 5.78. The maximum atomic E-state index is 12.0. The van der Waals surface area contributed by atoms with Crippen LogP contribution < -0.4 is 10.5 Å². The monoisotopic (exact) mass is 273 g/mol. The van der Waals surface area contributed by atoms with Crippen molar-refractivity contribution in [2.75, 3.05) is 0 Å². The zero-order valence-corrected chi connectivity index (χ0v) is 11.4. The summed E-state index contributed by atoms with van der Waals surface area (Å²) in [5.41, 5.74) is 5.37. The SMILES string of the molecule is CCCC(NS(=O)(=O)c1cn(CC)cn1)C(=N)N. The van der Waals surface area contributed by atoms with E-state index in [9.17, 15) is 8.42 Å². The van der Waals surface area contributed by atoms with E-state index >= 15 is 0 Å². The average Bonchev–Trinajstić information content (AvgIpc) is 2.77. The Morgan fingerprint density at radius 2 is 2.28 bits per heavy atom. The van der Waals surface area contributed by atoms with Gasteiger partial charge < -0.3 is 10.3 Å². The molecule has 4 N–H and O–H groups in total. The molecule has 7 nitrogen and oxygen atoms in total. The predicted octanol–water partition coefficient (Wildman–Crippen LogP) is 0.286. The fraction of sp³-hybridized carbons (Fsp3) is 0.600. The van der Waals surface area contributed by atoms with E-state index in [1.165, 1.54) is 12.5 Å². The number of hydrogen-bond donors (Lipinski definition) is 3. The highest BCUT2D eigenvalue weighted by Crippen LogP contribution is 2.08. The third-order valence-electron chi connectivity index (χ3n) is 2.50. The molecule has 1 heterocycles. The summed E-state index contributed by atoms with van der Waals surface area (Å²) in [5.74, 6) is -0.185. The van der Waals surface area contributed by atoms with Crippen LogP contribution in [0.25, 0.3) is 0 Å². The van der Waals surface area contributed by atoms with Crippen LogP contribution in [0.3, 0.4) is 0 Å². The maximum absolute atomic E-state index is 12.0. The average molecular weight is 273 g/mol. The van der Waals surface area contributed by atoms with E-state index in [0.717, 1.165) is 6.42 Å². The third kappa shape index (κ3) is 3.54. The fourth-order valence-electron chi connectivity index (χ4n) is 1.47. The summed E-state index contributed by atoms with van der Waals surface area (Å²) < 4.78 is 28.1. The first kappa shape index (κ1) is 14.7. The molecule has 1 unspecified atom stereocenters. The highest BCUT2D eigenvalue weighted by molar-refractivity contribution is 7.89. The molecule has 102 valence electrons. The molecule has 0 spiro atoms. The Balaban J connectivity index is 2.89. The summed E-state index contributed by atoms with van der Waals surface area (Å²) in [4.78, 5) is 3.83. The maximum Gasteiger partial charge on any atom is 0.260 e. The summed E-state index contributed by atoms with van der Waals surface area (Å²) in [6.45, 7) is 4.44. The lowest BCUT2D eigenvalue weighted by Crippen LogP contribution is -2.43. The van der Waals surface area contributed by atoms with Gasteiger partial charge in [0.25, 0.3) is 10.0 Å². The number of hydrogen-bond acceptors (Lipinski definition) is 4. The van der Waals surface area contributed by atoms with Crippen molar-refractivity contribution in [1.29, 1.82) is 5.41 Å². The standard InChI is InChI=1S/C10H19N5O2S/c1-3-5-8(10(11)12)14-18(16,17)9-6-15(4-2)7-13-9/h6-8,14H,3-5H2,1-2H3,(H3,11,12). The van der Waals surface area contributed by atoms with Gasteiger partial charge in [-0.1, -0.05) is 13.3 Å². The van der Waals surface area contributed by atoms with E-state index in [1.807, 2.05) is 13.8 Å². The number of nitrogens with one attached hydrogen (secondary N) is 2. The molecule has 1 rings (SSSR count). The Morgan fingerprint density at radius 1 is 1.61 bits per heavy atom. The van der Waals surface area contributed by atoms with Crippen LogP contribution >= 0.6 is 0 Å². The van der Waals surface area contributed by atoms with E-state index in [1.54, 1.807) is 4.57 Å². The van der Waals surface area contributed by atoms with Crippen LogP contribution in [0, 0.1) is 5.41 Å². The summed E-state index contributed by atoms with van der Waals surface area (Å²) in [7, 11) is -3.72. The third-order valence-corrected chi connectivity index (χ3v) is 3.86. The molecular formula is C10H19N5O2S. The second-order valence-electron chi connectivity index (χ2n) is 3.96. The van der Waals surface area contributed by atoms with Gasteiger partial charge in [-0.05, 0) is 13.3 Å². The molecule has 0 aliphatic heterocycles. The molecule has 0 amide bonds. The molecule has 0 fully saturated rings. The predicted molar refractivity (Wildman–Crippen MR) is 68.8 cm³/mol. The molecule has 8 heteroatoms. The minimum absolute atomic E-state index is 0.0493. The Bertz CT molecular complexity index is 508. The lowest BCUT2D eigenvalue weighted by molar-refractivity contribution is 0.562. The van der Waals surface area contributed by atoms with Crippen LogP contribution in [0.5, 0.6) is 0 Å². The molecule has 1 atom stereocenters. The van der Waals surface area contributed by atoms with E-state index in [4.69, 9.17) is 11.1 Å². The number of sulfonamides is 1. The molecule has 0 bridgehead atoms. The van der Waals surface area contributed by atoms with Gasteiger partial charge in [-0.3, -0.25) is 5.41 Å². The molecule has 0 saturated carbocycles. The summed E-state index contributed by atoms with van der Waals surface area (Å²) in [6.07, 6.45) is 4.13. The van der Waals surface area contributed by atoms with E-state index in [-0.39, 0.29) is 10.9 Å². The number of aryl methyl sites for hydroxylation is 1. The van der Waals surface area contributed by atoms with Crippen molar-refractivity contribution < 1.29 is 8.42 Å².